The van der Waals surface area contributed by atoms with E-state index >= 15 is 0 Å². The summed E-state index contributed by atoms with van der Waals surface area (Å²) in [4.78, 5) is 4.37. The molecule has 1 aliphatic rings. The zero-order valence-corrected chi connectivity index (χ0v) is 21.0. The maximum Gasteiger partial charge on any atom is 0.123 e. The molecular weight excluding hydrogens is 491 g/mol. The Kier molecular flexibility index (Phi) is 6.07. The average Bonchev–Trinajstić information content (AvgIpc) is 3.63. The second kappa shape index (κ2) is 9.68. The highest BCUT2D eigenvalue weighted by atomic mass is 35.5. The van der Waals surface area contributed by atoms with E-state index in [2.05, 4.69) is 38.1 Å². The number of benzene rings is 2. The zero-order chi connectivity index (χ0) is 27.1. The molecule has 0 amide bonds. The van der Waals surface area contributed by atoms with Gasteiger partial charge in [-0.25, -0.2) is 9.07 Å². The van der Waals surface area contributed by atoms with Gasteiger partial charge < -0.3 is 10.6 Å². The highest BCUT2D eigenvalue weighted by Gasteiger charge is 2.27. The van der Waals surface area contributed by atoms with Gasteiger partial charge >= 0.3 is 0 Å². The number of rotatable bonds is 8. The number of halogens is 2. The van der Waals surface area contributed by atoms with Crippen molar-refractivity contribution in [3.8, 4) is 12.1 Å². The maximum absolute atomic E-state index is 13.8. The molecule has 10 heteroatoms. The Labute approximate surface area is 220 Å². The van der Waals surface area contributed by atoms with Gasteiger partial charge in [0.25, 0.3) is 0 Å². The molecular formula is C27H24ClFN8. The van der Waals surface area contributed by atoms with Crippen LogP contribution in [0.25, 0.3) is 10.9 Å². The minimum atomic E-state index is -1.63. The SMILES string of the molecule is [2H]C(Nc1cc(Cl)c2ncc(C#N)c(NCC(C)(C)C#N)c2c1)(c1ccc(F)cc1)c1cn(C2CC2)nn1. The first-order valence-corrected chi connectivity index (χ1v) is 12.2. The van der Waals surface area contributed by atoms with E-state index in [9.17, 15) is 16.3 Å². The second-order valence-electron chi connectivity index (χ2n) is 9.68. The van der Waals surface area contributed by atoms with Gasteiger partial charge in [-0.3, -0.25) is 4.98 Å². The van der Waals surface area contributed by atoms with Gasteiger partial charge in [-0.1, -0.05) is 28.9 Å². The van der Waals surface area contributed by atoms with Crippen LogP contribution < -0.4 is 10.6 Å². The van der Waals surface area contributed by atoms with E-state index < -0.39 is 17.3 Å². The number of nitriles is 2. The van der Waals surface area contributed by atoms with Crippen LogP contribution >= 0.6 is 11.6 Å². The molecule has 1 atom stereocenters. The molecule has 5 rings (SSSR count). The molecule has 2 N–H and O–H groups in total. The summed E-state index contributed by atoms with van der Waals surface area (Å²) in [6, 6.07) is 12.0. The average molecular weight is 516 g/mol. The summed E-state index contributed by atoms with van der Waals surface area (Å²) in [7, 11) is 0. The van der Waals surface area contributed by atoms with Gasteiger partial charge in [0.15, 0.2) is 0 Å². The summed E-state index contributed by atoms with van der Waals surface area (Å²) in [6.07, 6.45) is 5.18. The van der Waals surface area contributed by atoms with Gasteiger partial charge in [0, 0.05) is 23.8 Å². The summed E-state index contributed by atoms with van der Waals surface area (Å²) in [5.41, 5.74) is 1.81. The monoisotopic (exact) mass is 515 g/mol. The van der Waals surface area contributed by atoms with Crippen LogP contribution in [0.2, 0.25) is 5.02 Å². The minimum Gasteiger partial charge on any atom is -0.382 e. The number of nitrogens with zero attached hydrogens (tertiary/aromatic N) is 6. The molecule has 0 bridgehead atoms. The third kappa shape index (κ3) is 5.18. The number of anilines is 2. The zero-order valence-electron chi connectivity index (χ0n) is 21.3. The summed E-state index contributed by atoms with van der Waals surface area (Å²) in [6.45, 7) is 3.87. The van der Waals surface area contributed by atoms with Crippen molar-refractivity contribution in [2.45, 2.75) is 38.7 Å². The molecule has 0 saturated heterocycles. The number of hydrogen-bond donors (Lipinski definition) is 2. The van der Waals surface area contributed by atoms with E-state index in [1.54, 1.807) is 36.9 Å². The van der Waals surface area contributed by atoms with Crippen molar-refractivity contribution in [3.05, 3.63) is 76.5 Å². The Morgan fingerprint density at radius 1 is 1.27 bits per heavy atom. The lowest BCUT2D eigenvalue weighted by Crippen LogP contribution is -2.21. The Morgan fingerprint density at radius 3 is 2.70 bits per heavy atom. The fourth-order valence-electron chi connectivity index (χ4n) is 3.91. The molecule has 37 heavy (non-hydrogen) atoms. The summed E-state index contributed by atoms with van der Waals surface area (Å²) < 4.78 is 25.0. The van der Waals surface area contributed by atoms with Crippen LogP contribution in [-0.2, 0) is 0 Å². The molecule has 1 saturated carbocycles. The van der Waals surface area contributed by atoms with Crippen molar-refractivity contribution in [1.29, 1.82) is 10.5 Å². The fourth-order valence-corrected chi connectivity index (χ4v) is 4.18. The number of hydrogen-bond acceptors (Lipinski definition) is 7. The van der Waals surface area contributed by atoms with Gasteiger partial charge in [-0.2, -0.15) is 10.5 Å². The first-order valence-electron chi connectivity index (χ1n) is 12.3. The molecule has 186 valence electrons. The predicted molar refractivity (Wildman–Crippen MR) is 140 cm³/mol. The first-order chi connectivity index (χ1) is 18.1. The van der Waals surface area contributed by atoms with E-state index in [0.29, 0.717) is 44.1 Å². The molecule has 1 fully saturated rings. The molecule has 1 aliphatic carbocycles. The van der Waals surface area contributed by atoms with Gasteiger partial charge in [0.05, 0.1) is 52.9 Å². The molecule has 2 aromatic carbocycles. The number of pyridine rings is 1. The minimum absolute atomic E-state index is 0.269. The Hall–Kier alpha value is -4.21. The lowest BCUT2D eigenvalue weighted by Gasteiger charge is -2.21. The smallest absolute Gasteiger partial charge is 0.123 e. The molecule has 0 radical (unpaired) electrons. The van der Waals surface area contributed by atoms with Gasteiger partial charge in [-0.15, -0.1) is 5.10 Å². The predicted octanol–water partition coefficient (Wildman–Crippen LogP) is 5.99. The van der Waals surface area contributed by atoms with Crippen molar-refractivity contribution in [2.24, 2.45) is 5.41 Å². The Balaban J connectivity index is 1.61. The van der Waals surface area contributed by atoms with Crippen LogP contribution in [0.15, 0.2) is 48.8 Å². The molecule has 1 unspecified atom stereocenters. The molecule has 8 nitrogen and oxygen atoms in total. The summed E-state index contributed by atoms with van der Waals surface area (Å²) in [5, 5.41) is 35.0. The van der Waals surface area contributed by atoms with E-state index in [0.717, 1.165) is 12.8 Å². The summed E-state index contributed by atoms with van der Waals surface area (Å²) in [5.74, 6) is -0.419. The molecule has 0 spiro atoms. The van der Waals surface area contributed by atoms with Gasteiger partial charge in [0.1, 0.15) is 17.6 Å². The van der Waals surface area contributed by atoms with Crippen LogP contribution in [0.1, 0.15) is 56.9 Å². The molecule has 2 heterocycles. The maximum atomic E-state index is 13.8. The van der Waals surface area contributed by atoms with E-state index in [4.69, 9.17) is 11.6 Å². The molecule has 4 aromatic rings. The highest BCUT2D eigenvalue weighted by molar-refractivity contribution is 6.35. The summed E-state index contributed by atoms with van der Waals surface area (Å²) >= 11 is 6.63. The quantitative estimate of drug-likeness (QED) is 0.296. The van der Waals surface area contributed by atoms with Crippen molar-refractivity contribution >= 4 is 33.9 Å². The second-order valence-corrected chi connectivity index (χ2v) is 10.1. The van der Waals surface area contributed by atoms with Crippen LogP contribution in [-0.4, -0.2) is 26.5 Å². The van der Waals surface area contributed by atoms with Crippen molar-refractivity contribution in [1.82, 2.24) is 20.0 Å². The van der Waals surface area contributed by atoms with Crippen LogP contribution in [0.5, 0.6) is 0 Å². The standard InChI is InChI=1S/C27H24ClFN8/c1-27(2,14-31)15-33-24-17(11-30)12-32-26-21(24)9-19(10-22(26)28)34-25(16-3-5-18(29)6-4-16)23-13-37(36-35-23)20-7-8-20/h3-6,9-10,12-13,20,25,34H,7-8,15H2,1-2H3,(H,32,33)/i25D. The topological polar surface area (TPSA) is 115 Å². The molecule has 2 aromatic heterocycles. The number of aromatic nitrogens is 4. The Morgan fingerprint density at radius 2 is 2.03 bits per heavy atom. The third-order valence-electron chi connectivity index (χ3n) is 6.14. The van der Waals surface area contributed by atoms with E-state index in [1.807, 2.05) is 0 Å². The Bertz CT molecular complexity index is 1600. The number of nitrogens with one attached hydrogen (secondary N) is 2. The fraction of sp³-hybridized carbons (Fsp3) is 0.296. The van der Waals surface area contributed by atoms with Crippen LogP contribution in [0, 0.1) is 33.9 Å². The first kappa shape index (κ1) is 23.2. The molecule has 0 aliphatic heterocycles. The van der Waals surface area contributed by atoms with Crippen LogP contribution in [0.3, 0.4) is 0 Å². The van der Waals surface area contributed by atoms with Gasteiger partial charge in [0.2, 0.25) is 0 Å². The highest BCUT2D eigenvalue weighted by Crippen LogP contribution is 2.37. The largest absolute Gasteiger partial charge is 0.382 e. The number of fused-ring (bicyclic) bond motifs is 1. The van der Waals surface area contributed by atoms with Crippen molar-refractivity contribution in [3.63, 3.8) is 0 Å². The third-order valence-corrected chi connectivity index (χ3v) is 6.43. The van der Waals surface area contributed by atoms with E-state index in [-0.39, 0.29) is 12.6 Å². The van der Waals surface area contributed by atoms with Crippen molar-refractivity contribution in [2.75, 3.05) is 17.2 Å². The van der Waals surface area contributed by atoms with Crippen LogP contribution in [0.4, 0.5) is 15.8 Å². The lowest BCUT2D eigenvalue weighted by atomic mass is 9.95. The lowest BCUT2D eigenvalue weighted by molar-refractivity contribution is 0.529. The van der Waals surface area contributed by atoms with Gasteiger partial charge in [-0.05, 0) is 56.5 Å². The normalized spacial score (nSPS) is 15.4. The van der Waals surface area contributed by atoms with Crippen molar-refractivity contribution < 1.29 is 5.76 Å². The van der Waals surface area contributed by atoms with E-state index in [1.165, 1.54) is 30.5 Å².